The van der Waals surface area contributed by atoms with E-state index in [0.717, 1.165) is 43.7 Å². The highest BCUT2D eigenvalue weighted by Gasteiger charge is 2.21. The summed E-state index contributed by atoms with van der Waals surface area (Å²) in [6.07, 6.45) is 1.89. The Morgan fingerprint density at radius 3 is 3.26 bits per heavy atom. The van der Waals surface area contributed by atoms with Crippen molar-refractivity contribution in [1.82, 2.24) is 5.32 Å². The number of benzene rings is 1. The van der Waals surface area contributed by atoms with Crippen molar-refractivity contribution in [3.63, 3.8) is 0 Å². The molecule has 3 rings (SSSR count). The van der Waals surface area contributed by atoms with Crippen molar-refractivity contribution >= 4 is 5.97 Å². The van der Waals surface area contributed by atoms with Gasteiger partial charge in [0.1, 0.15) is 0 Å². The van der Waals surface area contributed by atoms with Crippen LogP contribution in [-0.4, -0.2) is 32.3 Å². The first-order valence-electron chi connectivity index (χ1n) is 6.91. The van der Waals surface area contributed by atoms with E-state index < -0.39 is 0 Å². The Morgan fingerprint density at radius 1 is 1.47 bits per heavy atom. The topological polar surface area (TPSA) is 47.6 Å². The molecule has 0 amide bonds. The lowest BCUT2D eigenvalue weighted by molar-refractivity contribution is 0.0426. The van der Waals surface area contributed by atoms with Gasteiger partial charge in [0.15, 0.2) is 0 Å². The van der Waals surface area contributed by atoms with E-state index in [-0.39, 0.29) is 5.97 Å². The maximum atomic E-state index is 12.2. The predicted molar refractivity (Wildman–Crippen MR) is 71.1 cm³/mol. The number of ether oxygens (including phenoxy) is 2. The fourth-order valence-electron chi connectivity index (χ4n) is 2.71. The Kier molecular flexibility index (Phi) is 3.80. The van der Waals surface area contributed by atoms with E-state index >= 15 is 0 Å². The maximum Gasteiger partial charge on any atom is 0.338 e. The van der Waals surface area contributed by atoms with Crippen LogP contribution >= 0.6 is 0 Å². The number of fused-ring (bicyclic) bond motifs is 1. The van der Waals surface area contributed by atoms with Crippen LogP contribution in [0, 0.1) is 5.92 Å². The molecule has 2 aliphatic heterocycles. The molecule has 0 saturated carbocycles. The van der Waals surface area contributed by atoms with Crippen LogP contribution in [0.4, 0.5) is 0 Å². The highest BCUT2D eigenvalue weighted by molar-refractivity contribution is 5.91. The van der Waals surface area contributed by atoms with Gasteiger partial charge in [0.2, 0.25) is 0 Å². The Labute approximate surface area is 113 Å². The Bertz CT molecular complexity index is 466. The summed E-state index contributed by atoms with van der Waals surface area (Å²) in [5, 5.41) is 3.32. The summed E-state index contributed by atoms with van der Waals surface area (Å²) in [6.45, 7) is 3.74. The van der Waals surface area contributed by atoms with Crippen LogP contribution in [0.25, 0.3) is 0 Å². The predicted octanol–water partition coefficient (Wildman–Crippen LogP) is 1.53. The molecule has 2 aliphatic rings. The summed E-state index contributed by atoms with van der Waals surface area (Å²) in [5.74, 6) is 0.177. The van der Waals surface area contributed by atoms with Crippen LogP contribution in [0.15, 0.2) is 18.2 Å². The molecule has 1 fully saturated rings. The average Bonchev–Trinajstić information content (AvgIpc) is 2.97. The molecular formula is C15H19NO3. The monoisotopic (exact) mass is 261 g/mol. The van der Waals surface area contributed by atoms with E-state index in [0.29, 0.717) is 19.1 Å². The zero-order valence-corrected chi connectivity index (χ0v) is 11.0. The van der Waals surface area contributed by atoms with Crippen molar-refractivity contribution in [1.29, 1.82) is 0 Å². The zero-order valence-electron chi connectivity index (χ0n) is 11.0. The third kappa shape index (κ3) is 2.80. The van der Waals surface area contributed by atoms with Gasteiger partial charge in [-0.2, -0.15) is 0 Å². The quantitative estimate of drug-likeness (QED) is 0.838. The summed E-state index contributed by atoms with van der Waals surface area (Å²) in [4.78, 5) is 12.2. The van der Waals surface area contributed by atoms with Crippen LogP contribution in [0.2, 0.25) is 0 Å². The largest absolute Gasteiger partial charge is 0.462 e. The van der Waals surface area contributed by atoms with Gasteiger partial charge < -0.3 is 14.8 Å². The number of hydrogen-bond donors (Lipinski definition) is 1. The van der Waals surface area contributed by atoms with Crippen LogP contribution in [0.3, 0.4) is 0 Å². The van der Waals surface area contributed by atoms with Gasteiger partial charge >= 0.3 is 5.97 Å². The minimum Gasteiger partial charge on any atom is -0.462 e. The van der Waals surface area contributed by atoms with E-state index in [1.165, 1.54) is 5.56 Å². The Morgan fingerprint density at radius 2 is 2.42 bits per heavy atom. The molecular weight excluding hydrogens is 242 g/mol. The standard InChI is InChI=1S/C15H19NO3/c17-15(19-10-11-5-7-18-9-11)14-3-1-2-12-8-16-6-4-13(12)14/h1-3,11,16H,4-10H2. The molecule has 1 saturated heterocycles. The minimum absolute atomic E-state index is 0.189. The van der Waals surface area contributed by atoms with E-state index in [2.05, 4.69) is 11.4 Å². The second-order valence-corrected chi connectivity index (χ2v) is 5.20. The van der Waals surface area contributed by atoms with Gasteiger partial charge in [0.25, 0.3) is 0 Å². The van der Waals surface area contributed by atoms with Crippen molar-refractivity contribution in [3.8, 4) is 0 Å². The van der Waals surface area contributed by atoms with Gasteiger partial charge in [-0.1, -0.05) is 12.1 Å². The van der Waals surface area contributed by atoms with Gasteiger partial charge in [0.05, 0.1) is 18.8 Å². The third-order valence-electron chi connectivity index (χ3n) is 3.83. The van der Waals surface area contributed by atoms with E-state index in [1.807, 2.05) is 12.1 Å². The van der Waals surface area contributed by atoms with E-state index in [1.54, 1.807) is 0 Å². The van der Waals surface area contributed by atoms with Crippen molar-refractivity contribution < 1.29 is 14.3 Å². The lowest BCUT2D eigenvalue weighted by atomic mass is 9.95. The summed E-state index contributed by atoms with van der Waals surface area (Å²) >= 11 is 0. The number of esters is 1. The molecule has 102 valence electrons. The summed E-state index contributed by atoms with van der Waals surface area (Å²) in [7, 11) is 0. The molecule has 2 heterocycles. The van der Waals surface area contributed by atoms with Gasteiger partial charge in [-0.15, -0.1) is 0 Å². The van der Waals surface area contributed by atoms with Crippen molar-refractivity contribution in [3.05, 3.63) is 34.9 Å². The highest BCUT2D eigenvalue weighted by atomic mass is 16.5. The lowest BCUT2D eigenvalue weighted by Crippen LogP contribution is -2.26. The molecule has 1 unspecified atom stereocenters. The molecule has 0 aromatic heterocycles. The van der Waals surface area contributed by atoms with E-state index in [4.69, 9.17) is 9.47 Å². The second kappa shape index (κ2) is 5.72. The number of carbonyl (C=O) groups excluding carboxylic acids is 1. The zero-order chi connectivity index (χ0) is 13.1. The first kappa shape index (κ1) is 12.6. The van der Waals surface area contributed by atoms with Gasteiger partial charge in [-0.05, 0) is 36.6 Å². The summed E-state index contributed by atoms with van der Waals surface area (Å²) in [6, 6.07) is 5.88. The van der Waals surface area contributed by atoms with Gasteiger partial charge in [0, 0.05) is 19.1 Å². The molecule has 1 aromatic carbocycles. The SMILES string of the molecule is O=C(OCC1CCOC1)c1cccc2c1CCNC2. The molecule has 0 bridgehead atoms. The molecule has 4 nitrogen and oxygen atoms in total. The summed E-state index contributed by atoms with van der Waals surface area (Å²) in [5.41, 5.74) is 3.09. The molecule has 0 aliphatic carbocycles. The Balaban J connectivity index is 1.68. The average molecular weight is 261 g/mol. The maximum absolute atomic E-state index is 12.2. The number of hydrogen-bond acceptors (Lipinski definition) is 4. The highest BCUT2D eigenvalue weighted by Crippen LogP contribution is 2.20. The molecule has 0 radical (unpaired) electrons. The number of carbonyl (C=O) groups is 1. The second-order valence-electron chi connectivity index (χ2n) is 5.20. The van der Waals surface area contributed by atoms with Crippen LogP contribution in [0.1, 0.15) is 27.9 Å². The molecule has 1 aromatic rings. The number of nitrogens with one attached hydrogen (secondary N) is 1. The fourth-order valence-corrected chi connectivity index (χ4v) is 2.71. The molecule has 19 heavy (non-hydrogen) atoms. The minimum atomic E-state index is -0.189. The normalized spacial score (nSPS) is 22.0. The first-order valence-corrected chi connectivity index (χ1v) is 6.91. The number of rotatable bonds is 3. The van der Waals surface area contributed by atoms with E-state index in [9.17, 15) is 4.79 Å². The first-order chi connectivity index (χ1) is 9.34. The van der Waals surface area contributed by atoms with Gasteiger partial charge in [-0.3, -0.25) is 0 Å². The fraction of sp³-hybridized carbons (Fsp3) is 0.533. The molecule has 1 N–H and O–H groups in total. The van der Waals surface area contributed by atoms with Crippen LogP contribution in [-0.2, 0) is 22.4 Å². The molecule has 1 atom stereocenters. The van der Waals surface area contributed by atoms with Crippen LogP contribution < -0.4 is 5.32 Å². The molecule has 4 heteroatoms. The smallest absolute Gasteiger partial charge is 0.338 e. The van der Waals surface area contributed by atoms with Crippen molar-refractivity contribution in [2.24, 2.45) is 5.92 Å². The van der Waals surface area contributed by atoms with Gasteiger partial charge in [-0.25, -0.2) is 4.79 Å². The summed E-state index contributed by atoms with van der Waals surface area (Å²) < 4.78 is 10.7. The lowest BCUT2D eigenvalue weighted by Gasteiger charge is -2.19. The van der Waals surface area contributed by atoms with Crippen LogP contribution in [0.5, 0.6) is 0 Å². The Hall–Kier alpha value is -1.39. The van der Waals surface area contributed by atoms with Crippen molar-refractivity contribution in [2.45, 2.75) is 19.4 Å². The molecule has 0 spiro atoms. The third-order valence-corrected chi connectivity index (χ3v) is 3.83. The van der Waals surface area contributed by atoms with Crippen molar-refractivity contribution in [2.75, 3.05) is 26.4 Å².